The lowest BCUT2D eigenvalue weighted by Gasteiger charge is -2.33. The van der Waals surface area contributed by atoms with Crippen molar-refractivity contribution in [3.63, 3.8) is 0 Å². The minimum absolute atomic E-state index is 0.00781. The van der Waals surface area contributed by atoms with Crippen molar-refractivity contribution in [2.45, 2.75) is 42.5 Å². The van der Waals surface area contributed by atoms with Crippen LogP contribution in [0.5, 0.6) is 0 Å². The first-order chi connectivity index (χ1) is 13.7. The number of sulfonamides is 1. The highest BCUT2D eigenvalue weighted by Crippen LogP contribution is 2.51. The summed E-state index contributed by atoms with van der Waals surface area (Å²) in [6, 6.07) is 13.6. The van der Waals surface area contributed by atoms with Crippen molar-refractivity contribution < 1.29 is 21.6 Å². The van der Waals surface area contributed by atoms with Crippen molar-refractivity contribution >= 4 is 10.0 Å². The number of piperidine rings is 1. The minimum Gasteiger partial charge on any atom is -0.219 e. The Morgan fingerprint density at radius 1 is 1.07 bits per heavy atom. The Hall–Kier alpha value is -1.94. The molecule has 4 rings (SSSR count). The molecule has 0 aromatic heterocycles. The van der Waals surface area contributed by atoms with E-state index in [1.54, 1.807) is 30.3 Å². The van der Waals surface area contributed by atoms with Gasteiger partial charge in [0.1, 0.15) is 0 Å². The Bertz CT molecular complexity index is 980. The molecule has 1 N–H and O–H groups in total. The van der Waals surface area contributed by atoms with E-state index >= 15 is 0 Å². The number of benzene rings is 2. The van der Waals surface area contributed by atoms with E-state index < -0.39 is 27.9 Å². The van der Waals surface area contributed by atoms with Gasteiger partial charge in [-0.15, -0.1) is 0 Å². The van der Waals surface area contributed by atoms with Gasteiger partial charge in [-0.3, -0.25) is 0 Å². The molecule has 2 aromatic rings. The van der Waals surface area contributed by atoms with Gasteiger partial charge < -0.3 is 0 Å². The third-order valence-corrected chi connectivity index (χ3v) is 7.46. The highest BCUT2D eigenvalue weighted by atomic mass is 32.2. The molecule has 0 saturated carbocycles. The predicted octanol–water partition coefficient (Wildman–Crippen LogP) is 3.38. The normalized spacial score (nSPS) is 28.3. The van der Waals surface area contributed by atoms with Crippen LogP contribution in [0.1, 0.15) is 24.0 Å². The van der Waals surface area contributed by atoms with Crippen molar-refractivity contribution in [1.82, 2.24) is 14.7 Å². The third kappa shape index (κ3) is 3.46. The van der Waals surface area contributed by atoms with Crippen molar-refractivity contribution in [3.8, 4) is 0 Å². The van der Waals surface area contributed by atoms with Crippen LogP contribution in [0.25, 0.3) is 0 Å². The largest absolute Gasteiger partial charge is 0.426 e. The van der Waals surface area contributed by atoms with Crippen LogP contribution in [0, 0.1) is 6.92 Å². The van der Waals surface area contributed by atoms with Gasteiger partial charge in [-0.1, -0.05) is 48.0 Å². The van der Waals surface area contributed by atoms with Crippen LogP contribution in [-0.2, 0) is 15.7 Å². The van der Waals surface area contributed by atoms with Gasteiger partial charge in [-0.25, -0.2) is 18.9 Å². The summed E-state index contributed by atoms with van der Waals surface area (Å²) in [5.41, 5.74) is 1.29. The summed E-state index contributed by atoms with van der Waals surface area (Å²) in [7, 11) is -3.76. The molecule has 9 heteroatoms. The van der Waals surface area contributed by atoms with E-state index in [-0.39, 0.29) is 17.0 Å². The molecule has 2 aliphatic rings. The molecule has 5 nitrogen and oxygen atoms in total. The number of hydrogen-bond acceptors (Lipinski definition) is 4. The highest BCUT2D eigenvalue weighted by molar-refractivity contribution is 7.89. The lowest BCUT2D eigenvalue weighted by atomic mass is 10.0. The molecule has 3 atom stereocenters. The zero-order chi connectivity index (χ0) is 20.9. The number of halogens is 3. The second-order valence-corrected chi connectivity index (χ2v) is 9.47. The molecular formula is C20H22F3N3O2S. The predicted molar refractivity (Wildman–Crippen MR) is 102 cm³/mol. The first kappa shape index (κ1) is 20.3. The summed E-state index contributed by atoms with van der Waals surface area (Å²) in [5, 5.41) is 1.17. The summed E-state index contributed by atoms with van der Waals surface area (Å²) in [6.07, 6.45) is -3.55. The van der Waals surface area contributed by atoms with E-state index in [1.807, 2.05) is 6.92 Å². The molecule has 0 amide bonds. The van der Waals surface area contributed by atoms with Crippen LogP contribution in [0.3, 0.4) is 0 Å². The Kier molecular flexibility index (Phi) is 4.97. The average molecular weight is 425 g/mol. The Balaban J connectivity index is 1.58. The van der Waals surface area contributed by atoms with Gasteiger partial charge in [0.15, 0.2) is 0 Å². The van der Waals surface area contributed by atoms with Crippen LogP contribution in [-0.4, -0.2) is 43.0 Å². The summed E-state index contributed by atoms with van der Waals surface area (Å²) >= 11 is 0. The lowest BCUT2D eigenvalue weighted by Crippen LogP contribution is -2.47. The number of nitrogens with zero attached hydrogens (tertiary/aromatic N) is 2. The van der Waals surface area contributed by atoms with E-state index in [1.165, 1.54) is 33.6 Å². The number of nitrogens with one attached hydrogen (secondary N) is 1. The van der Waals surface area contributed by atoms with E-state index in [4.69, 9.17) is 0 Å². The zero-order valence-corrected chi connectivity index (χ0v) is 16.7. The third-order valence-electron chi connectivity index (χ3n) is 5.58. The maximum Gasteiger partial charge on any atom is 0.426 e. The van der Waals surface area contributed by atoms with Crippen molar-refractivity contribution in [2.24, 2.45) is 0 Å². The number of hydrazine groups is 1. The van der Waals surface area contributed by atoms with Crippen molar-refractivity contribution in [3.05, 3.63) is 65.7 Å². The van der Waals surface area contributed by atoms with Gasteiger partial charge in [0.25, 0.3) is 0 Å². The topological polar surface area (TPSA) is 62.3 Å². The monoisotopic (exact) mass is 425 g/mol. The van der Waals surface area contributed by atoms with E-state index in [9.17, 15) is 21.6 Å². The molecule has 0 aliphatic carbocycles. The minimum atomic E-state index is -4.54. The summed E-state index contributed by atoms with van der Waals surface area (Å²) < 4.78 is 69.2. The SMILES string of the molecule is Cc1ccc(S(=O)(=O)N2CCCC(N3NC3(c3ccccc3)C(F)(F)F)C2)cc1. The number of rotatable bonds is 4. The fourth-order valence-corrected chi connectivity index (χ4v) is 5.49. The van der Waals surface area contributed by atoms with Crippen LogP contribution in [0.15, 0.2) is 59.5 Å². The zero-order valence-electron chi connectivity index (χ0n) is 15.9. The molecule has 2 fully saturated rings. The maximum atomic E-state index is 14.0. The first-order valence-electron chi connectivity index (χ1n) is 9.42. The fourth-order valence-electron chi connectivity index (χ4n) is 3.97. The van der Waals surface area contributed by atoms with Gasteiger partial charge >= 0.3 is 6.18 Å². The van der Waals surface area contributed by atoms with Crippen molar-refractivity contribution in [2.75, 3.05) is 13.1 Å². The molecule has 0 radical (unpaired) electrons. The molecule has 0 bridgehead atoms. The van der Waals surface area contributed by atoms with Crippen LogP contribution in [0.2, 0.25) is 0 Å². The van der Waals surface area contributed by atoms with E-state index in [0.717, 1.165) is 5.56 Å². The van der Waals surface area contributed by atoms with Gasteiger partial charge in [-0.2, -0.15) is 17.5 Å². The van der Waals surface area contributed by atoms with Gasteiger partial charge in [-0.05, 0) is 37.5 Å². The molecule has 156 valence electrons. The van der Waals surface area contributed by atoms with E-state index in [2.05, 4.69) is 5.43 Å². The second kappa shape index (κ2) is 7.09. The highest BCUT2D eigenvalue weighted by Gasteiger charge is 2.72. The van der Waals surface area contributed by atoms with Gasteiger partial charge in [0.2, 0.25) is 15.7 Å². The van der Waals surface area contributed by atoms with Gasteiger partial charge in [0.05, 0.1) is 4.90 Å². The fraction of sp³-hybridized carbons (Fsp3) is 0.400. The number of hydrogen-bond donors (Lipinski definition) is 1. The molecule has 0 spiro atoms. The summed E-state index contributed by atoms with van der Waals surface area (Å²) in [5.74, 6) is 0. The number of aryl methyl sites for hydroxylation is 1. The smallest absolute Gasteiger partial charge is 0.219 e. The van der Waals surface area contributed by atoms with Crippen LogP contribution < -0.4 is 5.43 Å². The standard InChI is InChI=1S/C20H22F3N3O2S/c1-15-9-11-18(12-10-15)29(27,28)25-13-5-8-17(14-25)26-19(24-26,20(21,22)23)16-6-3-2-4-7-16/h2-4,6-7,9-12,17,24H,5,8,13-14H2,1H3. The first-order valence-corrected chi connectivity index (χ1v) is 10.9. The Morgan fingerprint density at radius 3 is 2.34 bits per heavy atom. The molecule has 3 unspecified atom stereocenters. The summed E-state index contributed by atoms with van der Waals surface area (Å²) in [4.78, 5) is 0.160. The quantitative estimate of drug-likeness (QED) is 0.763. The molecule has 2 aromatic carbocycles. The molecular weight excluding hydrogens is 403 g/mol. The van der Waals surface area contributed by atoms with E-state index in [0.29, 0.717) is 19.4 Å². The Labute approximate surface area is 168 Å². The Morgan fingerprint density at radius 2 is 1.72 bits per heavy atom. The van der Waals surface area contributed by atoms with Crippen LogP contribution >= 0.6 is 0 Å². The summed E-state index contributed by atoms with van der Waals surface area (Å²) in [6.45, 7) is 2.17. The van der Waals surface area contributed by atoms with Crippen LogP contribution in [0.4, 0.5) is 13.2 Å². The number of alkyl halides is 3. The molecule has 2 aliphatic heterocycles. The van der Waals surface area contributed by atoms with Crippen molar-refractivity contribution in [1.29, 1.82) is 0 Å². The second-order valence-electron chi connectivity index (χ2n) is 7.53. The molecule has 2 saturated heterocycles. The molecule has 2 heterocycles. The lowest BCUT2D eigenvalue weighted by molar-refractivity contribution is -0.178. The average Bonchev–Trinajstić information content (AvgIpc) is 3.47. The van der Waals surface area contributed by atoms with Gasteiger partial charge in [0, 0.05) is 19.1 Å². The molecule has 29 heavy (non-hydrogen) atoms. The maximum absolute atomic E-state index is 14.0.